The number of pyridine rings is 1. The molecule has 1 saturated carbocycles. The average Bonchev–Trinajstić information content (AvgIpc) is 2.27. The number of carboxylic acids is 1. The Morgan fingerprint density at radius 1 is 1.28 bits per heavy atom. The van der Waals surface area contributed by atoms with Gasteiger partial charge in [0.25, 0.3) is 0 Å². The van der Waals surface area contributed by atoms with Gasteiger partial charge in [-0.1, -0.05) is 19.9 Å². The summed E-state index contributed by atoms with van der Waals surface area (Å²) in [6, 6.07) is 4.86. The fourth-order valence-electron chi connectivity index (χ4n) is 2.74. The molecule has 0 aliphatic heterocycles. The number of carboxylic acid groups (broad SMARTS) is 1. The second kappa shape index (κ2) is 5.38. The van der Waals surface area contributed by atoms with Crippen LogP contribution in [0.4, 0.5) is 0 Å². The highest BCUT2D eigenvalue weighted by atomic mass is 16.5. The van der Waals surface area contributed by atoms with Crippen molar-refractivity contribution < 1.29 is 14.6 Å². The summed E-state index contributed by atoms with van der Waals surface area (Å²) in [7, 11) is 0. The van der Waals surface area contributed by atoms with Crippen molar-refractivity contribution in [3.05, 3.63) is 23.9 Å². The fourth-order valence-corrected chi connectivity index (χ4v) is 2.74. The SMILES string of the molecule is CC1CC(C)CC(Oc2cccc(C(=O)O)n2)C1. The molecule has 1 N–H and O–H groups in total. The van der Waals surface area contributed by atoms with Crippen molar-refractivity contribution in [2.24, 2.45) is 11.8 Å². The Morgan fingerprint density at radius 3 is 2.56 bits per heavy atom. The Labute approximate surface area is 107 Å². The maximum Gasteiger partial charge on any atom is 0.354 e. The van der Waals surface area contributed by atoms with E-state index in [2.05, 4.69) is 18.8 Å². The predicted molar refractivity (Wildman–Crippen MR) is 67.8 cm³/mol. The highest BCUT2D eigenvalue weighted by molar-refractivity contribution is 5.85. The van der Waals surface area contributed by atoms with Crippen molar-refractivity contribution in [1.82, 2.24) is 4.98 Å². The number of rotatable bonds is 3. The Morgan fingerprint density at radius 2 is 1.94 bits per heavy atom. The van der Waals surface area contributed by atoms with Crippen LogP contribution >= 0.6 is 0 Å². The van der Waals surface area contributed by atoms with Crippen LogP contribution in [0.5, 0.6) is 5.88 Å². The van der Waals surface area contributed by atoms with Crippen LogP contribution in [-0.4, -0.2) is 22.2 Å². The minimum Gasteiger partial charge on any atom is -0.477 e. The van der Waals surface area contributed by atoms with Crippen molar-refractivity contribution >= 4 is 5.97 Å². The van der Waals surface area contributed by atoms with E-state index < -0.39 is 5.97 Å². The van der Waals surface area contributed by atoms with Crippen LogP contribution in [0.2, 0.25) is 0 Å². The van der Waals surface area contributed by atoms with Gasteiger partial charge >= 0.3 is 5.97 Å². The van der Waals surface area contributed by atoms with Crippen molar-refractivity contribution in [2.45, 2.75) is 39.2 Å². The van der Waals surface area contributed by atoms with Crippen molar-refractivity contribution in [3.63, 3.8) is 0 Å². The van der Waals surface area contributed by atoms with Crippen LogP contribution in [0.3, 0.4) is 0 Å². The van der Waals surface area contributed by atoms with E-state index in [4.69, 9.17) is 9.84 Å². The molecule has 0 aromatic carbocycles. The molecule has 4 heteroatoms. The first-order valence-electron chi connectivity index (χ1n) is 6.41. The molecule has 18 heavy (non-hydrogen) atoms. The monoisotopic (exact) mass is 249 g/mol. The number of carbonyl (C=O) groups is 1. The zero-order chi connectivity index (χ0) is 13.1. The molecule has 1 aromatic heterocycles. The number of aromatic nitrogens is 1. The van der Waals surface area contributed by atoms with Gasteiger partial charge in [-0.25, -0.2) is 9.78 Å². The molecule has 0 bridgehead atoms. The maximum absolute atomic E-state index is 10.8. The molecule has 98 valence electrons. The van der Waals surface area contributed by atoms with Gasteiger partial charge in [-0.3, -0.25) is 0 Å². The van der Waals surface area contributed by atoms with E-state index >= 15 is 0 Å². The minimum absolute atomic E-state index is 0.0319. The standard InChI is InChI=1S/C14H19NO3/c1-9-6-10(2)8-11(7-9)18-13-5-3-4-12(15-13)14(16)17/h3-5,9-11H,6-8H2,1-2H3,(H,16,17). The van der Waals surface area contributed by atoms with Crippen LogP contribution in [0.15, 0.2) is 18.2 Å². The van der Waals surface area contributed by atoms with Gasteiger partial charge in [0.15, 0.2) is 5.69 Å². The molecule has 0 spiro atoms. The number of hydrogen-bond donors (Lipinski definition) is 1. The summed E-state index contributed by atoms with van der Waals surface area (Å²) >= 11 is 0. The maximum atomic E-state index is 10.8. The van der Waals surface area contributed by atoms with Gasteiger partial charge in [-0.2, -0.15) is 0 Å². The van der Waals surface area contributed by atoms with Gasteiger partial charge in [0.05, 0.1) is 0 Å². The fraction of sp³-hybridized carbons (Fsp3) is 0.571. The van der Waals surface area contributed by atoms with Crippen LogP contribution in [-0.2, 0) is 0 Å². The van der Waals surface area contributed by atoms with Crippen LogP contribution in [0, 0.1) is 11.8 Å². The summed E-state index contributed by atoms with van der Waals surface area (Å²) in [5, 5.41) is 8.88. The topological polar surface area (TPSA) is 59.4 Å². The summed E-state index contributed by atoms with van der Waals surface area (Å²) in [5.41, 5.74) is 0.0319. The molecule has 4 nitrogen and oxygen atoms in total. The molecule has 2 atom stereocenters. The lowest BCUT2D eigenvalue weighted by atomic mass is 9.82. The third-order valence-electron chi connectivity index (χ3n) is 3.37. The van der Waals surface area contributed by atoms with Crippen LogP contribution in [0.25, 0.3) is 0 Å². The molecule has 0 radical (unpaired) electrons. The van der Waals surface area contributed by atoms with E-state index in [1.165, 1.54) is 12.5 Å². The normalized spacial score (nSPS) is 27.8. The highest BCUT2D eigenvalue weighted by Gasteiger charge is 2.25. The van der Waals surface area contributed by atoms with Crippen molar-refractivity contribution in [3.8, 4) is 5.88 Å². The molecule has 1 aliphatic carbocycles. The van der Waals surface area contributed by atoms with Gasteiger partial charge in [0.1, 0.15) is 6.10 Å². The first-order valence-corrected chi connectivity index (χ1v) is 6.41. The summed E-state index contributed by atoms with van der Waals surface area (Å²) in [6.45, 7) is 4.46. The van der Waals surface area contributed by atoms with E-state index in [-0.39, 0.29) is 11.8 Å². The van der Waals surface area contributed by atoms with E-state index in [0.29, 0.717) is 17.7 Å². The van der Waals surface area contributed by atoms with Gasteiger partial charge in [-0.05, 0) is 37.2 Å². The molecule has 1 aliphatic rings. The minimum atomic E-state index is -1.02. The average molecular weight is 249 g/mol. The molecule has 2 rings (SSSR count). The van der Waals surface area contributed by atoms with Gasteiger partial charge < -0.3 is 9.84 Å². The first-order chi connectivity index (χ1) is 8.54. The van der Waals surface area contributed by atoms with E-state index in [9.17, 15) is 4.79 Å². The third kappa shape index (κ3) is 3.22. The smallest absolute Gasteiger partial charge is 0.354 e. The Kier molecular flexibility index (Phi) is 3.84. The Balaban J connectivity index is 2.04. The van der Waals surface area contributed by atoms with Crippen molar-refractivity contribution in [2.75, 3.05) is 0 Å². The Bertz CT molecular complexity index is 423. The molecule has 0 saturated heterocycles. The van der Waals surface area contributed by atoms with Crippen LogP contribution < -0.4 is 4.74 Å². The number of hydrogen-bond acceptors (Lipinski definition) is 3. The summed E-state index contributed by atoms with van der Waals surface area (Å²) < 4.78 is 5.81. The second-order valence-electron chi connectivity index (χ2n) is 5.32. The first kappa shape index (κ1) is 12.9. The molecular formula is C14H19NO3. The molecule has 0 amide bonds. The lowest BCUT2D eigenvalue weighted by Crippen LogP contribution is -2.28. The Hall–Kier alpha value is -1.58. The third-order valence-corrected chi connectivity index (χ3v) is 3.37. The number of ether oxygens (including phenoxy) is 1. The van der Waals surface area contributed by atoms with Gasteiger partial charge in [0, 0.05) is 6.07 Å². The molecule has 2 unspecified atom stereocenters. The van der Waals surface area contributed by atoms with E-state index in [0.717, 1.165) is 12.8 Å². The molecule has 1 heterocycles. The number of aromatic carboxylic acids is 1. The van der Waals surface area contributed by atoms with Crippen molar-refractivity contribution in [1.29, 1.82) is 0 Å². The number of nitrogens with zero attached hydrogens (tertiary/aromatic N) is 1. The quantitative estimate of drug-likeness (QED) is 0.894. The lowest BCUT2D eigenvalue weighted by molar-refractivity contribution is 0.0682. The zero-order valence-corrected chi connectivity index (χ0v) is 10.8. The second-order valence-corrected chi connectivity index (χ2v) is 5.32. The predicted octanol–water partition coefficient (Wildman–Crippen LogP) is 2.98. The van der Waals surface area contributed by atoms with Crippen LogP contribution in [0.1, 0.15) is 43.6 Å². The largest absolute Gasteiger partial charge is 0.477 e. The van der Waals surface area contributed by atoms with Gasteiger partial charge in [0.2, 0.25) is 5.88 Å². The molecule has 1 fully saturated rings. The van der Waals surface area contributed by atoms with Gasteiger partial charge in [-0.15, -0.1) is 0 Å². The highest BCUT2D eigenvalue weighted by Crippen LogP contribution is 2.30. The summed E-state index contributed by atoms with van der Waals surface area (Å²) in [4.78, 5) is 14.8. The van der Waals surface area contributed by atoms with E-state index in [1.54, 1.807) is 12.1 Å². The summed E-state index contributed by atoms with van der Waals surface area (Å²) in [5.74, 6) is 0.704. The van der Waals surface area contributed by atoms with E-state index in [1.807, 2.05) is 0 Å². The lowest BCUT2D eigenvalue weighted by Gasteiger charge is -2.31. The molecular weight excluding hydrogens is 230 g/mol. The zero-order valence-electron chi connectivity index (χ0n) is 10.8. The molecule has 1 aromatic rings. The summed E-state index contributed by atoms with van der Waals surface area (Å²) in [6.07, 6.45) is 3.43.